The summed E-state index contributed by atoms with van der Waals surface area (Å²) in [5.74, 6) is 0. The van der Waals surface area contributed by atoms with Crippen LogP contribution in [0.5, 0.6) is 0 Å². The fourth-order valence-electron chi connectivity index (χ4n) is 2.08. The van der Waals surface area contributed by atoms with Gasteiger partial charge in [-0.15, -0.1) is 0 Å². The molecule has 5 nitrogen and oxygen atoms in total. The van der Waals surface area contributed by atoms with Gasteiger partial charge >= 0.3 is 0 Å². The van der Waals surface area contributed by atoms with E-state index in [2.05, 4.69) is 29.4 Å². The number of nitrogens with zero attached hydrogens (tertiary/aromatic N) is 4. The molecule has 1 aromatic carbocycles. The van der Waals surface area contributed by atoms with E-state index in [1.807, 2.05) is 64.4 Å². The Morgan fingerprint density at radius 2 is 1.95 bits per heavy atom. The molecule has 2 heterocycles. The van der Waals surface area contributed by atoms with E-state index in [1.165, 1.54) is 0 Å². The molecule has 0 unspecified atom stereocenters. The predicted octanol–water partition coefficient (Wildman–Crippen LogP) is 3.26. The normalized spacial score (nSPS) is 11.0. The monoisotopic (exact) mass is 281 g/mol. The Labute approximate surface area is 124 Å². The molecular formula is C16H19N5. The van der Waals surface area contributed by atoms with Gasteiger partial charge in [0.1, 0.15) is 0 Å². The molecule has 3 aromatic rings. The van der Waals surface area contributed by atoms with Crippen molar-refractivity contribution in [1.29, 1.82) is 0 Å². The van der Waals surface area contributed by atoms with Gasteiger partial charge < -0.3 is 5.32 Å². The number of rotatable bonds is 5. The molecule has 1 N–H and O–H groups in total. The number of benzene rings is 1. The second-order valence-corrected chi connectivity index (χ2v) is 5.24. The summed E-state index contributed by atoms with van der Waals surface area (Å²) in [4.78, 5) is 0. The van der Waals surface area contributed by atoms with Gasteiger partial charge in [0.15, 0.2) is 0 Å². The zero-order chi connectivity index (χ0) is 14.7. The zero-order valence-corrected chi connectivity index (χ0v) is 12.3. The Kier molecular flexibility index (Phi) is 3.73. The fourth-order valence-corrected chi connectivity index (χ4v) is 2.08. The minimum absolute atomic E-state index is 0.373. The van der Waals surface area contributed by atoms with Crippen molar-refractivity contribution in [3.63, 3.8) is 0 Å². The number of para-hydroxylation sites is 1. The third-order valence-electron chi connectivity index (χ3n) is 3.27. The Balaban J connectivity index is 1.65. The summed E-state index contributed by atoms with van der Waals surface area (Å²) < 4.78 is 3.82. The van der Waals surface area contributed by atoms with E-state index in [9.17, 15) is 0 Å². The molecular weight excluding hydrogens is 262 g/mol. The first-order valence-corrected chi connectivity index (χ1v) is 7.10. The SMILES string of the molecule is CC(C)n1cc(NCc2ccn(-c3ccccc3)n2)cn1. The molecule has 2 aromatic heterocycles. The molecule has 108 valence electrons. The largest absolute Gasteiger partial charge is 0.377 e. The summed E-state index contributed by atoms with van der Waals surface area (Å²) >= 11 is 0. The van der Waals surface area contributed by atoms with E-state index in [4.69, 9.17) is 0 Å². The second kappa shape index (κ2) is 5.83. The molecule has 0 radical (unpaired) electrons. The van der Waals surface area contributed by atoms with Gasteiger partial charge in [0.2, 0.25) is 0 Å². The molecule has 0 saturated heterocycles. The molecule has 0 aliphatic heterocycles. The highest BCUT2D eigenvalue weighted by molar-refractivity contribution is 5.39. The van der Waals surface area contributed by atoms with Gasteiger partial charge in [0.05, 0.1) is 29.8 Å². The first kappa shape index (κ1) is 13.4. The predicted molar refractivity (Wildman–Crippen MR) is 83.5 cm³/mol. The molecule has 21 heavy (non-hydrogen) atoms. The van der Waals surface area contributed by atoms with Crippen LogP contribution in [0.1, 0.15) is 25.6 Å². The molecule has 0 aliphatic rings. The maximum Gasteiger partial charge on any atom is 0.0819 e. The summed E-state index contributed by atoms with van der Waals surface area (Å²) in [5.41, 5.74) is 3.07. The van der Waals surface area contributed by atoms with Gasteiger partial charge in [-0.05, 0) is 32.0 Å². The van der Waals surface area contributed by atoms with Crippen LogP contribution in [-0.2, 0) is 6.54 Å². The lowest BCUT2D eigenvalue weighted by molar-refractivity contribution is 0.532. The van der Waals surface area contributed by atoms with Crippen molar-refractivity contribution in [2.45, 2.75) is 26.4 Å². The van der Waals surface area contributed by atoms with E-state index >= 15 is 0 Å². The lowest BCUT2D eigenvalue weighted by atomic mass is 10.3. The van der Waals surface area contributed by atoms with Crippen LogP contribution < -0.4 is 5.32 Å². The number of hydrogen-bond acceptors (Lipinski definition) is 3. The lowest BCUT2D eigenvalue weighted by Crippen LogP contribution is -2.02. The second-order valence-electron chi connectivity index (χ2n) is 5.24. The van der Waals surface area contributed by atoms with Crippen LogP contribution in [0.15, 0.2) is 55.0 Å². The summed E-state index contributed by atoms with van der Waals surface area (Å²) in [6, 6.07) is 12.5. The Morgan fingerprint density at radius 1 is 1.14 bits per heavy atom. The van der Waals surface area contributed by atoms with E-state index in [0.29, 0.717) is 12.6 Å². The number of anilines is 1. The van der Waals surface area contributed by atoms with Crippen molar-refractivity contribution in [3.05, 3.63) is 60.7 Å². The summed E-state index contributed by atoms with van der Waals surface area (Å²) in [6.45, 7) is 4.90. The van der Waals surface area contributed by atoms with E-state index in [0.717, 1.165) is 17.1 Å². The first-order chi connectivity index (χ1) is 10.2. The molecule has 0 spiro atoms. The van der Waals surface area contributed by atoms with Crippen LogP contribution in [0.3, 0.4) is 0 Å². The maximum atomic E-state index is 4.56. The number of nitrogens with one attached hydrogen (secondary N) is 1. The van der Waals surface area contributed by atoms with Crippen LogP contribution >= 0.6 is 0 Å². The first-order valence-electron chi connectivity index (χ1n) is 7.10. The number of aromatic nitrogens is 4. The van der Waals surface area contributed by atoms with Crippen molar-refractivity contribution in [2.75, 3.05) is 5.32 Å². The maximum absolute atomic E-state index is 4.56. The van der Waals surface area contributed by atoms with E-state index < -0.39 is 0 Å². The topological polar surface area (TPSA) is 47.7 Å². The van der Waals surface area contributed by atoms with Gasteiger partial charge in [0, 0.05) is 18.4 Å². The third kappa shape index (κ3) is 3.13. The smallest absolute Gasteiger partial charge is 0.0819 e. The van der Waals surface area contributed by atoms with Crippen LogP contribution in [0.2, 0.25) is 0 Å². The molecule has 0 amide bonds. The van der Waals surface area contributed by atoms with Crippen molar-refractivity contribution >= 4 is 5.69 Å². The minimum Gasteiger partial charge on any atom is -0.377 e. The van der Waals surface area contributed by atoms with Crippen LogP contribution in [0.25, 0.3) is 5.69 Å². The highest BCUT2D eigenvalue weighted by Gasteiger charge is 2.03. The standard InChI is InChI=1S/C16H19N5/c1-13(2)21-12-15(11-18-21)17-10-14-8-9-20(19-14)16-6-4-3-5-7-16/h3-9,11-13,17H,10H2,1-2H3. The van der Waals surface area contributed by atoms with Crippen molar-refractivity contribution in [2.24, 2.45) is 0 Å². The van der Waals surface area contributed by atoms with Gasteiger partial charge in [-0.25, -0.2) is 4.68 Å². The Bertz CT molecular complexity index is 696. The van der Waals surface area contributed by atoms with Crippen molar-refractivity contribution < 1.29 is 0 Å². The molecule has 5 heteroatoms. The zero-order valence-electron chi connectivity index (χ0n) is 12.3. The van der Waals surface area contributed by atoms with Gasteiger partial charge in [-0.3, -0.25) is 4.68 Å². The van der Waals surface area contributed by atoms with Crippen LogP contribution in [0.4, 0.5) is 5.69 Å². The number of hydrogen-bond donors (Lipinski definition) is 1. The summed E-state index contributed by atoms with van der Waals surface area (Å²) in [7, 11) is 0. The Hall–Kier alpha value is -2.56. The molecule has 0 bridgehead atoms. The van der Waals surface area contributed by atoms with E-state index in [1.54, 1.807) is 0 Å². The molecule has 0 saturated carbocycles. The van der Waals surface area contributed by atoms with Crippen molar-refractivity contribution in [3.8, 4) is 5.69 Å². The average molecular weight is 281 g/mol. The quantitative estimate of drug-likeness (QED) is 0.781. The van der Waals surface area contributed by atoms with Crippen molar-refractivity contribution in [1.82, 2.24) is 19.6 Å². The van der Waals surface area contributed by atoms with Crippen LogP contribution in [0, 0.1) is 0 Å². The van der Waals surface area contributed by atoms with Crippen LogP contribution in [-0.4, -0.2) is 19.6 Å². The average Bonchev–Trinajstić information content (AvgIpc) is 3.15. The molecule has 0 atom stereocenters. The summed E-state index contributed by atoms with van der Waals surface area (Å²) in [6.07, 6.45) is 5.83. The summed E-state index contributed by atoms with van der Waals surface area (Å²) in [5, 5.41) is 12.2. The lowest BCUT2D eigenvalue weighted by Gasteiger charge is -2.04. The minimum atomic E-state index is 0.373. The molecule has 0 fully saturated rings. The van der Waals surface area contributed by atoms with Gasteiger partial charge in [-0.2, -0.15) is 10.2 Å². The molecule has 0 aliphatic carbocycles. The van der Waals surface area contributed by atoms with E-state index in [-0.39, 0.29) is 0 Å². The Morgan fingerprint density at radius 3 is 2.67 bits per heavy atom. The van der Waals surface area contributed by atoms with Gasteiger partial charge in [0.25, 0.3) is 0 Å². The highest BCUT2D eigenvalue weighted by atomic mass is 15.3. The molecule has 3 rings (SSSR count). The van der Waals surface area contributed by atoms with Gasteiger partial charge in [-0.1, -0.05) is 18.2 Å². The highest BCUT2D eigenvalue weighted by Crippen LogP contribution is 2.12. The fraction of sp³-hybridized carbons (Fsp3) is 0.250. The third-order valence-corrected chi connectivity index (χ3v) is 3.27.